The van der Waals surface area contributed by atoms with Crippen LogP contribution in [-0.2, 0) is 11.3 Å². The Kier molecular flexibility index (Phi) is 6.15. The maximum Gasteiger partial charge on any atom is 0.168 e. The lowest BCUT2D eigenvalue weighted by molar-refractivity contribution is 0.0865. The fraction of sp³-hybridized carbons (Fsp3) is 0.682. The number of tetrazole rings is 1. The van der Waals surface area contributed by atoms with Crippen LogP contribution in [0.1, 0.15) is 49.7 Å². The molecular formula is C22H34N6O. The number of aromatic nitrogens is 4. The second-order valence-electron chi connectivity index (χ2n) is 8.79. The predicted octanol–water partition coefficient (Wildman–Crippen LogP) is 2.99. The van der Waals surface area contributed by atoms with Crippen molar-refractivity contribution in [1.82, 2.24) is 25.1 Å². The van der Waals surface area contributed by atoms with Crippen LogP contribution >= 0.6 is 0 Å². The highest BCUT2D eigenvalue weighted by atomic mass is 16.5. The number of anilines is 1. The van der Waals surface area contributed by atoms with Crippen molar-refractivity contribution in [2.45, 2.75) is 59.2 Å². The van der Waals surface area contributed by atoms with Crippen molar-refractivity contribution < 1.29 is 4.74 Å². The summed E-state index contributed by atoms with van der Waals surface area (Å²) in [6.07, 6.45) is 2.47. The number of rotatable bonds is 6. The Bertz CT molecular complexity index is 805. The van der Waals surface area contributed by atoms with Crippen molar-refractivity contribution in [1.29, 1.82) is 0 Å². The van der Waals surface area contributed by atoms with Gasteiger partial charge in [0.1, 0.15) is 0 Å². The summed E-state index contributed by atoms with van der Waals surface area (Å²) in [6, 6.07) is 6.84. The topological polar surface area (TPSA) is 59.3 Å². The molecule has 29 heavy (non-hydrogen) atoms. The molecule has 1 aromatic heterocycles. The van der Waals surface area contributed by atoms with Crippen molar-refractivity contribution in [3.63, 3.8) is 0 Å². The lowest BCUT2D eigenvalue weighted by Gasteiger charge is -2.41. The molecule has 2 fully saturated rings. The molecule has 0 radical (unpaired) electrons. The highest BCUT2D eigenvalue weighted by Gasteiger charge is 2.32. The van der Waals surface area contributed by atoms with Crippen LogP contribution in [0.5, 0.6) is 0 Å². The zero-order chi connectivity index (χ0) is 20.4. The predicted molar refractivity (Wildman–Crippen MR) is 114 cm³/mol. The zero-order valence-electron chi connectivity index (χ0n) is 18.2. The molecule has 0 aliphatic carbocycles. The van der Waals surface area contributed by atoms with Crippen LogP contribution < -0.4 is 4.90 Å². The van der Waals surface area contributed by atoms with E-state index in [1.54, 1.807) is 0 Å². The summed E-state index contributed by atoms with van der Waals surface area (Å²) in [4.78, 5) is 5.08. The van der Waals surface area contributed by atoms with Gasteiger partial charge in [-0.2, -0.15) is 0 Å². The van der Waals surface area contributed by atoms with E-state index in [1.165, 1.54) is 16.8 Å². The maximum atomic E-state index is 5.81. The molecule has 7 nitrogen and oxygen atoms in total. The SMILES string of the molecule is Cc1cccc(N2CCN([C@H](c3nnnn3C[C@H]3CCCO3)C(C)C)CC2)c1C. The first-order chi connectivity index (χ1) is 14.0. The molecule has 3 heterocycles. The highest BCUT2D eigenvalue weighted by molar-refractivity contribution is 5.56. The lowest BCUT2D eigenvalue weighted by Crippen LogP contribution is -2.49. The Labute approximate surface area is 174 Å². The van der Waals surface area contributed by atoms with Crippen molar-refractivity contribution in [3.8, 4) is 0 Å². The molecule has 7 heteroatoms. The van der Waals surface area contributed by atoms with E-state index in [0.29, 0.717) is 5.92 Å². The van der Waals surface area contributed by atoms with Gasteiger partial charge in [0, 0.05) is 38.5 Å². The van der Waals surface area contributed by atoms with Crippen LogP contribution in [-0.4, -0.2) is 64.0 Å². The molecule has 0 N–H and O–H groups in total. The Morgan fingerprint density at radius 2 is 1.93 bits per heavy atom. The number of aryl methyl sites for hydroxylation is 1. The molecular weight excluding hydrogens is 364 g/mol. The van der Waals surface area contributed by atoms with Crippen molar-refractivity contribution in [2.24, 2.45) is 5.92 Å². The molecule has 2 saturated heterocycles. The third kappa shape index (κ3) is 4.31. The molecule has 158 valence electrons. The summed E-state index contributed by atoms with van der Waals surface area (Å²) in [7, 11) is 0. The van der Waals surface area contributed by atoms with Gasteiger partial charge in [0.2, 0.25) is 0 Å². The highest BCUT2D eigenvalue weighted by Crippen LogP contribution is 2.30. The second-order valence-corrected chi connectivity index (χ2v) is 8.79. The third-order valence-electron chi connectivity index (χ3n) is 6.48. The lowest BCUT2D eigenvalue weighted by atomic mass is 10.00. The number of benzene rings is 1. The largest absolute Gasteiger partial charge is 0.376 e. The monoisotopic (exact) mass is 398 g/mol. The molecule has 0 saturated carbocycles. The van der Waals surface area contributed by atoms with Gasteiger partial charge >= 0.3 is 0 Å². The first kappa shape index (κ1) is 20.3. The van der Waals surface area contributed by atoms with Gasteiger partial charge in [-0.1, -0.05) is 26.0 Å². The summed E-state index contributed by atoms with van der Waals surface area (Å²) < 4.78 is 7.80. The quantitative estimate of drug-likeness (QED) is 0.746. The average Bonchev–Trinajstić information content (AvgIpc) is 3.38. The fourth-order valence-electron chi connectivity index (χ4n) is 4.74. The smallest absolute Gasteiger partial charge is 0.168 e. The fourth-order valence-corrected chi connectivity index (χ4v) is 4.74. The van der Waals surface area contributed by atoms with E-state index in [2.05, 4.69) is 71.2 Å². The van der Waals surface area contributed by atoms with Gasteiger partial charge in [0.05, 0.1) is 18.7 Å². The minimum Gasteiger partial charge on any atom is -0.376 e. The molecule has 0 unspecified atom stereocenters. The zero-order valence-corrected chi connectivity index (χ0v) is 18.2. The summed E-state index contributed by atoms with van der Waals surface area (Å²) in [6.45, 7) is 14.7. The van der Waals surface area contributed by atoms with Gasteiger partial charge in [-0.25, -0.2) is 4.68 Å². The minimum absolute atomic E-state index is 0.229. The minimum atomic E-state index is 0.229. The van der Waals surface area contributed by atoms with E-state index in [4.69, 9.17) is 4.74 Å². The molecule has 4 rings (SSSR count). The number of nitrogens with zero attached hydrogens (tertiary/aromatic N) is 6. The van der Waals surface area contributed by atoms with Crippen LogP contribution in [0, 0.1) is 19.8 Å². The first-order valence-corrected chi connectivity index (χ1v) is 11.0. The molecule has 2 atom stereocenters. The number of piperazine rings is 1. The second kappa shape index (κ2) is 8.79. The van der Waals surface area contributed by atoms with E-state index in [0.717, 1.165) is 58.0 Å². The maximum absolute atomic E-state index is 5.81. The average molecular weight is 399 g/mol. The molecule has 1 aromatic carbocycles. The van der Waals surface area contributed by atoms with E-state index in [-0.39, 0.29) is 12.1 Å². The van der Waals surface area contributed by atoms with E-state index >= 15 is 0 Å². The molecule has 0 bridgehead atoms. The van der Waals surface area contributed by atoms with E-state index < -0.39 is 0 Å². The molecule has 2 aliphatic heterocycles. The summed E-state index contributed by atoms with van der Waals surface area (Å²) in [5, 5.41) is 12.8. The normalized spacial score (nSPS) is 21.8. The van der Waals surface area contributed by atoms with Gasteiger partial charge < -0.3 is 9.64 Å². The first-order valence-electron chi connectivity index (χ1n) is 11.0. The number of ether oxygens (including phenoxy) is 1. The number of hydrogen-bond donors (Lipinski definition) is 0. The van der Waals surface area contributed by atoms with Crippen LogP contribution in [0.25, 0.3) is 0 Å². The summed E-state index contributed by atoms with van der Waals surface area (Å²) in [5.41, 5.74) is 4.12. The van der Waals surface area contributed by atoms with E-state index in [9.17, 15) is 0 Å². The number of hydrogen-bond acceptors (Lipinski definition) is 6. The third-order valence-corrected chi connectivity index (χ3v) is 6.48. The van der Waals surface area contributed by atoms with Crippen molar-refractivity contribution >= 4 is 5.69 Å². The van der Waals surface area contributed by atoms with Crippen molar-refractivity contribution in [3.05, 3.63) is 35.2 Å². The molecule has 0 amide bonds. The van der Waals surface area contributed by atoms with Gasteiger partial charge in [0.15, 0.2) is 5.82 Å². The van der Waals surface area contributed by atoms with Gasteiger partial charge in [-0.05, 0) is 60.2 Å². The summed E-state index contributed by atoms with van der Waals surface area (Å²) in [5.74, 6) is 1.42. The Morgan fingerprint density at radius 1 is 1.14 bits per heavy atom. The van der Waals surface area contributed by atoms with Crippen molar-refractivity contribution in [2.75, 3.05) is 37.7 Å². The molecule has 2 aliphatic rings. The summed E-state index contributed by atoms with van der Waals surface area (Å²) >= 11 is 0. The van der Waals surface area contributed by atoms with Crippen LogP contribution in [0.2, 0.25) is 0 Å². The van der Waals surface area contributed by atoms with Crippen LogP contribution in [0.3, 0.4) is 0 Å². The Hall–Kier alpha value is -1.99. The van der Waals surface area contributed by atoms with Gasteiger partial charge in [-0.15, -0.1) is 5.10 Å². The molecule has 0 spiro atoms. The van der Waals surface area contributed by atoms with E-state index in [1.807, 2.05) is 4.68 Å². The standard InChI is InChI=1S/C22H34N6O/c1-16(2)21(22-23-24-25-28(22)15-19-8-6-14-29-19)27-12-10-26(11-13-27)20-9-5-7-17(3)18(20)4/h5,7,9,16,19,21H,6,8,10-15H2,1-4H3/t19-,21+/m1/s1. The molecule has 2 aromatic rings. The Balaban J connectivity index is 1.47. The van der Waals surface area contributed by atoms with Gasteiger partial charge in [-0.3, -0.25) is 4.90 Å². The Morgan fingerprint density at radius 3 is 2.62 bits per heavy atom. The van der Waals surface area contributed by atoms with Crippen LogP contribution in [0.4, 0.5) is 5.69 Å². The van der Waals surface area contributed by atoms with Crippen LogP contribution in [0.15, 0.2) is 18.2 Å². The van der Waals surface area contributed by atoms with Gasteiger partial charge in [0.25, 0.3) is 0 Å².